The van der Waals surface area contributed by atoms with Gasteiger partial charge in [0.15, 0.2) is 9.84 Å². The molecule has 7 heteroatoms. The van der Waals surface area contributed by atoms with Gasteiger partial charge in [-0.3, -0.25) is 4.79 Å². The minimum atomic E-state index is -3.59. The Kier molecular flexibility index (Phi) is 6.53. The van der Waals surface area contributed by atoms with Crippen molar-refractivity contribution in [3.63, 3.8) is 0 Å². The fourth-order valence-corrected chi connectivity index (χ4v) is 4.45. The van der Waals surface area contributed by atoms with Crippen LogP contribution in [0.25, 0.3) is 0 Å². The molecule has 0 spiro atoms. The Hall–Kier alpha value is -1.70. The largest absolute Gasteiger partial charge is 0.480 e. The molecule has 0 radical (unpaired) electrons. The van der Waals surface area contributed by atoms with Gasteiger partial charge in [-0.25, -0.2) is 8.42 Å². The predicted molar refractivity (Wildman–Crippen MR) is 96.2 cm³/mol. The summed E-state index contributed by atoms with van der Waals surface area (Å²) in [5.41, 5.74) is 2.33. The number of nitrogens with one attached hydrogen (secondary N) is 1. The van der Waals surface area contributed by atoms with Gasteiger partial charge >= 0.3 is 5.97 Å². The van der Waals surface area contributed by atoms with Gasteiger partial charge in [-0.1, -0.05) is 30.3 Å². The smallest absolute Gasteiger partial charge is 0.318 e. The maximum Gasteiger partial charge on any atom is 0.318 e. The van der Waals surface area contributed by atoms with Crippen LogP contribution in [-0.2, 0) is 21.1 Å². The van der Waals surface area contributed by atoms with Crippen molar-refractivity contribution in [2.75, 3.05) is 18.1 Å². The molecule has 1 aromatic heterocycles. The van der Waals surface area contributed by atoms with E-state index in [-0.39, 0.29) is 18.3 Å². The van der Waals surface area contributed by atoms with Crippen LogP contribution in [-0.4, -0.2) is 37.5 Å². The van der Waals surface area contributed by atoms with Gasteiger partial charge in [0.05, 0.1) is 5.75 Å². The third kappa shape index (κ3) is 5.74. The van der Waals surface area contributed by atoms with Gasteiger partial charge < -0.3 is 10.4 Å². The van der Waals surface area contributed by atoms with Crippen molar-refractivity contribution in [3.8, 4) is 0 Å². The lowest BCUT2D eigenvalue weighted by Crippen LogP contribution is -2.30. The molecule has 1 unspecified atom stereocenters. The van der Waals surface area contributed by atoms with Crippen LogP contribution in [0.15, 0.2) is 41.8 Å². The quantitative estimate of drug-likeness (QED) is 0.711. The Labute approximate surface area is 146 Å². The number of carboxylic acid groups (broad SMARTS) is 1. The molecule has 0 aliphatic heterocycles. The minimum Gasteiger partial charge on any atom is -0.480 e. The topological polar surface area (TPSA) is 83.5 Å². The van der Waals surface area contributed by atoms with E-state index in [0.29, 0.717) is 0 Å². The molecule has 24 heavy (non-hydrogen) atoms. The molecule has 0 saturated carbocycles. The van der Waals surface area contributed by atoms with Crippen molar-refractivity contribution < 1.29 is 18.3 Å². The highest BCUT2D eigenvalue weighted by molar-refractivity contribution is 7.92. The molecule has 0 bridgehead atoms. The number of sulfone groups is 1. The number of aryl methyl sites for hydroxylation is 1. The summed E-state index contributed by atoms with van der Waals surface area (Å²) in [6.07, 6.45) is 0.751. The summed E-state index contributed by atoms with van der Waals surface area (Å²) in [7, 11) is -3.59. The van der Waals surface area contributed by atoms with Crippen LogP contribution in [0.2, 0.25) is 0 Å². The number of rotatable bonds is 9. The van der Waals surface area contributed by atoms with Gasteiger partial charge in [0, 0.05) is 17.5 Å². The summed E-state index contributed by atoms with van der Waals surface area (Å²) < 4.78 is 23.4. The number of hydrogen-bond acceptors (Lipinski definition) is 5. The second-order valence-electron chi connectivity index (χ2n) is 5.65. The first-order valence-corrected chi connectivity index (χ1v) is 10.3. The number of carbonyl (C=O) groups is 1. The van der Waals surface area contributed by atoms with Crippen molar-refractivity contribution >= 4 is 27.1 Å². The van der Waals surface area contributed by atoms with E-state index in [4.69, 9.17) is 5.11 Å². The van der Waals surface area contributed by atoms with Crippen molar-refractivity contribution in [2.45, 2.75) is 19.4 Å². The summed E-state index contributed by atoms with van der Waals surface area (Å²) in [4.78, 5) is 11.8. The normalized spacial score (nSPS) is 12.9. The Morgan fingerprint density at radius 3 is 2.54 bits per heavy atom. The molecule has 0 saturated heterocycles. The zero-order chi connectivity index (χ0) is 17.6. The molecule has 1 heterocycles. The molecule has 130 valence electrons. The molecule has 0 fully saturated rings. The van der Waals surface area contributed by atoms with Gasteiger partial charge in [-0.05, 0) is 35.9 Å². The lowest BCUT2D eigenvalue weighted by Gasteiger charge is -2.19. The zero-order valence-electron chi connectivity index (χ0n) is 13.4. The van der Waals surface area contributed by atoms with Crippen molar-refractivity contribution in [1.82, 2.24) is 5.32 Å². The average Bonchev–Trinajstić information content (AvgIpc) is 2.92. The lowest BCUT2D eigenvalue weighted by molar-refractivity contribution is -0.134. The van der Waals surface area contributed by atoms with Crippen LogP contribution >= 0.6 is 11.3 Å². The molecule has 2 aromatic rings. The first-order valence-electron chi connectivity index (χ1n) is 7.61. The Morgan fingerprint density at radius 2 is 1.96 bits per heavy atom. The third-order valence-corrected chi connectivity index (χ3v) is 6.29. The van der Waals surface area contributed by atoms with Crippen LogP contribution in [0.3, 0.4) is 0 Å². The van der Waals surface area contributed by atoms with Gasteiger partial charge in [-0.2, -0.15) is 0 Å². The summed E-state index contributed by atoms with van der Waals surface area (Å²) in [6, 6.07) is 12.0. The summed E-state index contributed by atoms with van der Waals surface area (Å²) in [5.74, 6) is -2.32. The van der Waals surface area contributed by atoms with Gasteiger partial charge in [0.1, 0.15) is 5.75 Å². The molecule has 1 atom stereocenters. The summed E-state index contributed by atoms with van der Waals surface area (Å²) in [5, 5.41) is 13.9. The van der Waals surface area contributed by atoms with Crippen LogP contribution in [0.4, 0.5) is 0 Å². The Bertz CT molecular complexity index is 769. The van der Waals surface area contributed by atoms with Gasteiger partial charge in [0.2, 0.25) is 0 Å². The molecule has 5 nitrogen and oxygen atoms in total. The maximum atomic E-state index is 11.7. The van der Waals surface area contributed by atoms with E-state index in [2.05, 4.69) is 5.32 Å². The summed E-state index contributed by atoms with van der Waals surface area (Å²) >= 11 is 1.64. The molecule has 2 N–H and O–H groups in total. The fourth-order valence-electron chi connectivity index (χ4n) is 2.50. The lowest BCUT2D eigenvalue weighted by atomic mass is 10.0. The molecule has 2 rings (SSSR count). The van der Waals surface area contributed by atoms with E-state index in [1.807, 2.05) is 48.7 Å². The number of benzene rings is 1. The Balaban J connectivity index is 2.04. The number of aliphatic carboxylic acids is 1. The van der Waals surface area contributed by atoms with E-state index in [0.717, 1.165) is 12.0 Å². The van der Waals surface area contributed by atoms with Gasteiger partial charge in [-0.15, -0.1) is 11.3 Å². The monoisotopic (exact) mass is 367 g/mol. The van der Waals surface area contributed by atoms with E-state index in [1.54, 1.807) is 11.3 Å². The first kappa shape index (κ1) is 18.6. The second kappa shape index (κ2) is 8.41. The molecule has 0 amide bonds. The van der Waals surface area contributed by atoms with E-state index in [9.17, 15) is 13.2 Å². The van der Waals surface area contributed by atoms with Crippen molar-refractivity contribution in [3.05, 3.63) is 57.8 Å². The molecular formula is C17H21NO4S2. The van der Waals surface area contributed by atoms with E-state index < -0.39 is 21.6 Å². The zero-order valence-corrected chi connectivity index (χ0v) is 15.1. The predicted octanol–water partition coefficient (Wildman–Crippen LogP) is 2.43. The van der Waals surface area contributed by atoms with Gasteiger partial charge in [0.25, 0.3) is 0 Å². The average molecular weight is 367 g/mol. The highest BCUT2D eigenvalue weighted by atomic mass is 32.2. The van der Waals surface area contributed by atoms with E-state index >= 15 is 0 Å². The highest BCUT2D eigenvalue weighted by Crippen LogP contribution is 2.26. The van der Waals surface area contributed by atoms with Crippen LogP contribution in [0.5, 0.6) is 0 Å². The minimum absolute atomic E-state index is 0.00688. The first-order chi connectivity index (χ1) is 11.4. The van der Waals surface area contributed by atoms with Crippen LogP contribution in [0.1, 0.15) is 22.0 Å². The number of thiophene rings is 1. The SMILES string of the molecule is Cc1ccsc1C(Cc1ccccc1)NCCS(=O)(=O)CC(=O)O. The standard InChI is InChI=1S/C17H21NO4S2/c1-13-7-9-23-17(13)15(11-14-5-3-2-4-6-14)18-8-10-24(21,22)12-16(19)20/h2-7,9,15,18H,8,10-12H2,1H3,(H,19,20). The highest BCUT2D eigenvalue weighted by Gasteiger charge is 2.19. The van der Waals surface area contributed by atoms with Crippen molar-refractivity contribution in [1.29, 1.82) is 0 Å². The van der Waals surface area contributed by atoms with Crippen molar-refractivity contribution in [2.24, 2.45) is 0 Å². The third-order valence-electron chi connectivity index (χ3n) is 3.65. The number of hydrogen-bond donors (Lipinski definition) is 2. The Morgan fingerprint density at radius 1 is 1.25 bits per heavy atom. The summed E-state index contributed by atoms with van der Waals surface area (Å²) in [6.45, 7) is 2.26. The maximum absolute atomic E-state index is 11.7. The molecule has 0 aliphatic rings. The molecular weight excluding hydrogens is 346 g/mol. The van der Waals surface area contributed by atoms with Crippen LogP contribution in [0, 0.1) is 6.92 Å². The number of carboxylic acids is 1. The fraction of sp³-hybridized carbons (Fsp3) is 0.353. The van der Waals surface area contributed by atoms with E-state index in [1.165, 1.54) is 10.4 Å². The molecule has 0 aliphatic carbocycles. The van der Waals surface area contributed by atoms with Crippen LogP contribution < -0.4 is 5.32 Å². The molecule has 1 aromatic carbocycles. The second-order valence-corrected chi connectivity index (χ2v) is 8.78.